The van der Waals surface area contributed by atoms with E-state index in [1.165, 1.54) is 20.8 Å². The lowest BCUT2D eigenvalue weighted by molar-refractivity contribution is 0.0490. The molecule has 4 atom stereocenters. The fourth-order valence-corrected chi connectivity index (χ4v) is 7.86. The van der Waals surface area contributed by atoms with Crippen LogP contribution in [0.1, 0.15) is 0 Å². The van der Waals surface area contributed by atoms with Crippen molar-refractivity contribution in [2.45, 2.75) is 13.1 Å². The SMILES string of the molecule is CO[SiH](C)O[SiH](O)O[Si@@](O)(OC)O[Si](C)(O)OC. The lowest BCUT2D eigenvalue weighted by Gasteiger charge is -2.29. The van der Waals surface area contributed by atoms with Gasteiger partial charge in [0.2, 0.25) is 0 Å². The van der Waals surface area contributed by atoms with Crippen LogP contribution in [0.3, 0.4) is 0 Å². The summed E-state index contributed by atoms with van der Waals surface area (Å²) in [5.74, 6) is 0. The summed E-state index contributed by atoms with van der Waals surface area (Å²) in [6, 6.07) is 0. The lowest BCUT2D eigenvalue weighted by atomic mass is 11.8. The summed E-state index contributed by atoms with van der Waals surface area (Å²) in [5, 5.41) is 0. The third kappa shape index (κ3) is 7.18. The Labute approximate surface area is 111 Å². The first-order valence-electron chi connectivity index (χ1n) is 4.97. The maximum Gasteiger partial charge on any atom is 0.661 e. The van der Waals surface area contributed by atoms with Crippen molar-refractivity contribution in [3.05, 3.63) is 0 Å². The third-order valence-corrected chi connectivity index (χ3v) is 10.8. The predicted molar refractivity (Wildman–Crippen MR) is 68.5 cm³/mol. The maximum absolute atomic E-state index is 9.88. The van der Waals surface area contributed by atoms with Crippen LogP contribution >= 0.6 is 0 Å². The molecule has 0 spiro atoms. The highest BCUT2D eigenvalue weighted by atomic mass is 28.5. The molecule has 0 rings (SSSR count). The highest BCUT2D eigenvalue weighted by Crippen LogP contribution is 2.13. The zero-order valence-electron chi connectivity index (χ0n) is 10.9. The number of rotatable bonds is 9. The number of hydrogen-bond acceptors (Lipinski definition) is 9. The average molecular weight is 337 g/mol. The topological polar surface area (TPSA) is 116 Å². The van der Waals surface area contributed by atoms with Crippen LogP contribution in [-0.2, 0) is 25.6 Å². The summed E-state index contributed by atoms with van der Waals surface area (Å²) in [6.45, 7) is 2.95. The van der Waals surface area contributed by atoms with Gasteiger partial charge in [-0.05, 0) is 6.55 Å². The van der Waals surface area contributed by atoms with Crippen molar-refractivity contribution in [2.24, 2.45) is 0 Å². The Hall–Kier alpha value is 0.508. The van der Waals surface area contributed by atoms with Crippen LogP contribution in [-0.4, -0.2) is 72.4 Å². The smallest absolute Gasteiger partial charge is 0.400 e. The van der Waals surface area contributed by atoms with E-state index in [1.54, 1.807) is 6.55 Å². The molecule has 0 aliphatic carbocycles. The molecule has 9 nitrogen and oxygen atoms in total. The molecule has 3 N–H and O–H groups in total. The van der Waals surface area contributed by atoms with Crippen molar-refractivity contribution in [3.63, 3.8) is 0 Å². The second-order valence-electron chi connectivity index (χ2n) is 3.30. The molecule has 0 saturated heterocycles. The highest BCUT2D eigenvalue weighted by Gasteiger charge is 2.51. The van der Waals surface area contributed by atoms with E-state index < -0.39 is 36.7 Å². The standard InChI is InChI=1S/C5H20O9Si4/c1-9-15(4)12-16(6)13-18(8,11-3)14-17(5,7)10-2/h6-8,15-16H,1-5H3/t15?,16?,17?,18-/m1/s1. The molecule has 0 bridgehead atoms. The molecule has 0 aromatic rings. The Kier molecular flexibility index (Phi) is 8.17. The van der Waals surface area contributed by atoms with E-state index in [4.69, 9.17) is 16.8 Å². The van der Waals surface area contributed by atoms with Crippen molar-refractivity contribution >= 4 is 36.7 Å². The minimum absolute atomic E-state index is 1.13. The molecule has 0 aliphatic rings. The fourth-order valence-electron chi connectivity index (χ4n) is 0.769. The van der Waals surface area contributed by atoms with Crippen LogP contribution in [0.5, 0.6) is 0 Å². The van der Waals surface area contributed by atoms with E-state index in [0.29, 0.717) is 0 Å². The second-order valence-corrected chi connectivity index (χ2v) is 12.0. The van der Waals surface area contributed by atoms with Gasteiger partial charge in [0.25, 0.3) is 0 Å². The van der Waals surface area contributed by atoms with Crippen molar-refractivity contribution in [1.29, 1.82) is 0 Å². The molecule has 3 unspecified atom stereocenters. The van der Waals surface area contributed by atoms with E-state index >= 15 is 0 Å². The molecule has 18 heavy (non-hydrogen) atoms. The first kappa shape index (κ1) is 18.5. The molecular weight excluding hydrogens is 316 g/mol. The molecule has 0 aliphatic heterocycles. The van der Waals surface area contributed by atoms with Crippen molar-refractivity contribution in [1.82, 2.24) is 0 Å². The van der Waals surface area contributed by atoms with Crippen LogP contribution in [0, 0.1) is 0 Å². The quantitative estimate of drug-likeness (QED) is 0.394. The zero-order chi connectivity index (χ0) is 14.4. The van der Waals surface area contributed by atoms with E-state index in [2.05, 4.69) is 8.85 Å². The minimum Gasteiger partial charge on any atom is -0.400 e. The zero-order valence-corrected chi connectivity index (χ0v) is 15.3. The summed E-state index contributed by atoms with van der Waals surface area (Å²) in [4.78, 5) is 29.0. The van der Waals surface area contributed by atoms with Crippen LogP contribution in [0.4, 0.5) is 0 Å². The van der Waals surface area contributed by atoms with E-state index in [-0.39, 0.29) is 0 Å². The molecule has 0 saturated carbocycles. The normalized spacial score (nSPS) is 22.0. The summed E-state index contributed by atoms with van der Waals surface area (Å²) < 4.78 is 29.1. The summed E-state index contributed by atoms with van der Waals surface area (Å²) >= 11 is 0. The summed E-state index contributed by atoms with van der Waals surface area (Å²) in [5.41, 5.74) is 0. The minimum atomic E-state index is -4.18. The van der Waals surface area contributed by atoms with Crippen LogP contribution in [0.2, 0.25) is 13.1 Å². The van der Waals surface area contributed by atoms with Gasteiger partial charge in [-0.2, -0.15) is 0 Å². The first-order chi connectivity index (χ1) is 8.18. The Balaban J connectivity index is 4.47. The Morgan fingerprint density at radius 2 is 1.61 bits per heavy atom. The Morgan fingerprint density at radius 3 is 2.00 bits per heavy atom. The van der Waals surface area contributed by atoms with Crippen molar-refractivity contribution < 1.29 is 40.0 Å². The third-order valence-electron chi connectivity index (χ3n) is 1.84. The first-order valence-corrected chi connectivity index (χ1v) is 12.5. The van der Waals surface area contributed by atoms with Gasteiger partial charge >= 0.3 is 36.7 Å². The molecule has 0 heterocycles. The Morgan fingerprint density at radius 1 is 1.06 bits per heavy atom. The number of hydrogen-bond donors (Lipinski definition) is 3. The summed E-state index contributed by atoms with van der Waals surface area (Å²) in [6.07, 6.45) is 0. The van der Waals surface area contributed by atoms with Gasteiger partial charge in [-0.25, -0.2) is 0 Å². The molecule has 0 amide bonds. The molecule has 13 heteroatoms. The van der Waals surface area contributed by atoms with Gasteiger partial charge in [-0.3, -0.25) is 0 Å². The predicted octanol–water partition coefficient (Wildman–Crippen LogP) is -2.48. The fraction of sp³-hybridized carbons (Fsp3) is 1.00. The maximum atomic E-state index is 9.88. The monoisotopic (exact) mass is 336 g/mol. The second kappa shape index (κ2) is 7.94. The van der Waals surface area contributed by atoms with Gasteiger partial charge in [-0.1, -0.05) is 0 Å². The van der Waals surface area contributed by atoms with E-state index in [1.807, 2.05) is 0 Å². The molecular formula is C5H20O9Si4. The summed E-state index contributed by atoms with van der Waals surface area (Å²) in [7, 11) is -9.10. The van der Waals surface area contributed by atoms with E-state index in [0.717, 1.165) is 7.11 Å². The van der Waals surface area contributed by atoms with Gasteiger partial charge in [-0.15, -0.1) is 0 Å². The van der Waals surface area contributed by atoms with Crippen LogP contribution in [0.15, 0.2) is 0 Å². The van der Waals surface area contributed by atoms with Gasteiger partial charge < -0.3 is 40.0 Å². The van der Waals surface area contributed by atoms with Crippen LogP contribution < -0.4 is 0 Å². The molecule has 0 aromatic carbocycles. The van der Waals surface area contributed by atoms with Gasteiger partial charge in [0, 0.05) is 27.9 Å². The highest BCUT2D eigenvalue weighted by molar-refractivity contribution is 6.73. The van der Waals surface area contributed by atoms with Gasteiger partial charge in [0.1, 0.15) is 0 Å². The van der Waals surface area contributed by atoms with Crippen molar-refractivity contribution in [3.8, 4) is 0 Å². The molecule has 110 valence electrons. The van der Waals surface area contributed by atoms with Crippen LogP contribution in [0.25, 0.3) is 0 Å². The molecule has 0 radical (unpaired) electrons. The average Bonchev–Trinajstić information content (AvgIpc) is 2.27. The van der Waals surface area contributed by atoms with Gasteiger partial charge in [0.15, 0.2) is 0 Å². The molecule has 0 aromatic heterocycles. The van der Waals surface area contributed by atoms with E-state index in [9.17, 15) is 14.4 Å². The van der Waals surface area contributed by atoms with Crippen molar-refractivity contribution in [2.75, 3.05) is 21.3 Å². The molecule has 0 fully saturated rings. The van der Waals surface area contributed by atoms with Gasteiger partial charge in [0.05, 0.1) is 0 Å². The largest absolute Gasteiger partial charge is 0.661 e. The lowest BCUT2D eigenvalue weighted by Crippen LogP contribution is -2.58. The Bertz CT molecular complexity index is 243.